The fourth-order valence-corrected chi connectivity index (χ4v) is 2.89. The highest BCUT2D eigenvalue weighted by atomic mass is 79.9. The zero-order valence-electron chi connectivity index (χ0n) is 10.6. The Morgan fingerprint density at radius 1 is 1.24 bits per heavy atom. The number of aryl methyl sites for hydroxylation is 2. The number of nitrogen functional groups attached to an aromatic ring is 1. The highest BCUT2D eigenvalue weighted by Crippen LogP contribution is 2.36. The maximum Gasteiger partial charge on any atom is 0.0766 e. The second-order valence-corrected chi connectivity index (χ2v) is 5.62. The van der Waals surface area contributed by atoms with Gasteiger partial charge in [0.05, 0.1) is 5.52 Å². The van der Waals surface area contributed by atoms with Crippen LogP contribution >= 0.6 is 15.9 Å². The number of nitrogens with two attached hydrogens (primary N) is 1. The smallest absolute Gasteiger partial charge is 0.0766 e. The zero-order chi connectivity index (χ0) is 12.7. The van der Waals surface area contributed by atoms with Gasteiger partial charge in [-0.25, -0.2) is 0 Å². The van der Waals surface area contributed by atoms with Crippen LogP contribution in [-0.4, -0.2) is 4.98 Å². The summed E-state index contributed by atoms with van der Waals surface area (Å²) in [5.41, 5.74) is 11.5. The number of nitrogens with zero attached hydrogens (tertiary/aromatic N) is 1. The highest BCUT2D eigenvalue weighted by Gasteiger charge is 2.15. The molecule has 1 aromatic carbocycles. The average Bonchev–Trinajstić information content (AvgIpc) is 2.22. The second-order valence-electron chi connectivity index (χ2n) is 4.77. The number of aromatic nitrogens is 1. The van der Waals surface area contributed by atoms with Gasteiger partial charge in [-0.3, -0.25) is 4.98 Å². The van der Waals surface area contributed by atoms with Crippen molar-refractivity contribution >= 4 is 32.5 Å². The third kappa shape index (κ3) is 1.93. The van der Waals surface area contributed by atoms with E-state index in [-0.39, 0.29) is 0 Å². The average molecular weight is 293 g/mol. The molecule has 0 atom stereocenters. The number of benzene rings is 1. The van der Waals surface area contributed by atoms with Gasteiger partial charge in [-0.2, -0.15) is 0 Å². The summed E-state index contributed by atoms with van der Waals surface area (Å²) in [6.07, 6.45) is 0. The molecule has 0 saturated carbocycles. The van der Waals surface area contributed by atoms with Gasteiger partial charge in [0.15, 0.2) is 0 Å². The van der Waals surface area contributed by atoms with Gasteiger partial charge >= 0.3 is 0 Å². The number of fused-ring (bicyclic) bond motifs is 1. The molecule has 2 N–H and O–H groups in total. The second kappa shape index (κ2) is 4.30. The standard InChI is InChI=1S/C14H17BrN2/c1-7(2)11-9(4)17-14-8(3)5-6-10(15)12(14)13(11)16/h5-7H,1-4H3,(H2,16,17). The minimum absolute atomic E-state index is 0.388. The van der Waals surface area contributed by atoms with Crippen molar-refractivity contribution in [1.82, 2.24) is 4.98 Å². The number of anilines is 1. The summed E-state index contributed by atoms with van der Waals surface area (Å²) >= 11 is 3.57. The predicted octanol–water partition coefficient (Wildman–Crippen LogP) is 4.32. The molecule has 1 aromatic heterocycles. The van der Waals surface area contributed by atoms with E-state index in [1.54, 1.807) is 0 Å². The summed E-state index contributed by atoms with van der Waals surface area (Å²) in [5.74, 6) is 0.388. The molecule has 0 radical (unpaired) electrons. The van der Waals surface area contributed by atoms with Crippen LogP contribution in [0.1, 0.15) is 36.6 Å². The first-order chi connectivity index (χ1) is 7.93. The van der Waals surface area contributed by atoms with Crippen LogP contribution in [0.4, 0.5) is 5.69 Å². The molecule has 1 heterocycles. The van der Waals surface area contributed by atoms with Gasteiger partial charge in [-0.05, 0) is 37.0 Å². The molecule has 90 valence electrons. The Morgan fingerprint density at radius 2 is 1.88 bits per heavy atom. The van der Waals surface area contributed by atoms with Gasteiger partial charge in [0.1, 0.15) is 0 Å². The van der Waals surface area contributed by atoms with Crippen LogP contribution in [0, 0.1) is 13.8 Å². The molecule has 0 unspecified atom stereocenters. The lowest BCUT2D eigenvalue weighted by atomic mass is 9.96. The first kappa shape index (κ1) is 12.4. The van der Waals surface area contributed by atoms with Crippen molar-refractivity contribution in [3.63, 3.8) is 0 Å². The normalized spacial score (nSPS) is 11.4. The quantitative estimate of drug-likeness (QED) is 0.850. The Hall–Kier alpha value is -1.09. The largest absolute Gasteiger partial charge is 0.398 e. The highest BCUT2D eigenvalue weighted by molar-refractivity contribution is 9.10. The van der Waals surface area contributed by atoms with Crippen molar-refractivity contribution < 1.29 is 0 Å². The van der Waals surface area contributed by atoms with Crippen LogP contribution < -0.4 is 5.73 Å². The monoisotopic (exact) mass is 292 g/mol. The summed E-state index contributed by atoms with van der Waals surface area (Å²) in [7, 11) is 0. The molecule has 0 aliphatic heterocycles. The summed E-state index contributed by atoms with van der Waals surface area (Å²) < 4.78 is 1.02. The van der Waals surface area contributed by atoms with Crippen LogP contribution in [0.3, 0.4) is 0 Å². The Kier molecular flexibility index (Phi) is 3.13. The van der Waals surface area contributed by atoms with Crippen molar-refractivity contribution in [2.75, 3.05) is 5.73 Å². The van der Waals surface area contributed by atoms with Crippen molar-refractivity contribution in [2.24, 2.45) is 0 Å². The molecular formula is C14H17BrN2. The zero-order valence-corrected chi connectivity index (χ0v) is 12.2. The van der Waals surface area contributed by atoms with E-state index < -0.39 is 0 Å². The van der Waals surface area contributed by atoms with Crippen LogP contribution in [0.15, 0.2) is 16.6 Å². The lowest BCUT2D eigenvalue weighted by Gasteiger charge is -2.16. The first-order valence-electron chi connectivity index (χ1n) is 5.78. The van der Waals surface area contributed by atoms with Crippen molar-refractivity contribution in [1.29, 1.82) is 0 Å². The SMILES string of the molecule is Cc1nc2c(C)ccc(Br)c2c(N)c1C(C)C. The van der Waals surface area contributed by atoms with E-state index >= 15 is 0 Å². The van der Waals surface area contributed by atoms with E-state index in [9.17, 15) is 0 Å². The van der Waals surface area contributed by atoms with Gasteiger partial charge in [0, 0.05) is 21.2 Å². The molecule has 17 heavy (non-hydrogen) atoms. The summed E-state index contributed by atoms with van der Waals surface area (Å²) in [6.45, 7) is 8.40. The van der Waals surface area contributed by atoms with E-state index in [4.69, 9.17) is 10.7 Å². The Morgan fingerprint density at radius 3 is 2.47 bits per heavy atom. The summed E-state index contributed by atoms with van der Waals surface area (Å²) in [5, 5.41) is 1.04. The van der Waals surface area contributed by atoms with E-state index in [0.717, 1.165) is 37.9 Å². The van der Waals surface area contributed by atoms with Gasteiger partial charge in [-0.15, -0.1) is 0 Å². The predicted molar refractivity (Wildman–Crippen MR) is 77.4 cm³/mol. The molecule has 2 aromatic rings. The van der Waals surface area contributed by atoms with Gasteiger partial charge < -0.3 is 5.73 Å². The fourth-order valence-electron chi connectivity index (χ4n) is 2.36. The molecule has 2 nitrogen and oxygen atoms in total. The number of halogens is 1. The Bertz CT molecular complexity index is 589. The lowest BCUT2D eigenvalue weighted by molar-refractivity contribution is 0.851. The number of hydrogen-bond acceptors (Lipinski definition) is 2. The number of pyridine rings is 1. The van der Waals surface area contributed by atoms with Gasteiger partial charge in [0.2, 0.25) is 0 Å². The van der Waals surface area contributed by atoms with Crippen LogP contribution in [-0.2, 0) is 0 Å². The van der Waals surface area contributed by atoms with Gasteiger partial charge in [-0.1, -0.05) is 35.8 Å². The molecule has 0 fully saturated rings. The first-order valence-corrected chi connectivity index (χ1v) is 6.57. The van der Waals surface area contributed by atoms with E-state index in [1.165, 1.54) is 0 Å². The molecule has 3 heteroatoms. The molecular weight excluding hydrogens is 276 g/mol. The molecule has 0 spiro atoms. The van der Waals surface area contributed by atoms with Crippen molar-refractivity contribution in [3.8, 4) is 0 Å². The van der Waals surface area contributed by atoms with Crippen molar-refractivity contribution in [3.05, 3.63) is 33.4 Å². The van der Waals surface area contributed by atoms with Crippen molar-refractivity contribution in [2.45, 2.75) is 33.6 Å². The van der Waals surface area contributed by atoms with E-state index in [0.29, 0.717) is 5.92 Å². The van der Waals surface area contributed by atoms with Crippen LogP contribution in [0.2, 0.25) is 0 Å². The fraction of sp³-hybridized carbons (Fsp3) is 0.357. The molecule has 0 aliphatic carbocycles. The summed E-state index contributed by atoms with van der Waals surface area (Å²) in [6, 6.07) is 4.10. The molecule has 0 saturated heterocycles. The third-order valence-electron chi connectivity index (χ3n) is 3.13. The third-order valence-corrected chi connectivity index (χ3v) is 3.80. The van der Waals surface area contributed by atoms with E-state index in [1.807, 2.05) is 13.0 Å². The number of hydrogen-bond donors (Lipinski definition) is 1. The lowest BCUT2D eigenvalue weighted by Crippen LogP contribution is -2.04. The Balaban J connectivity index is 2.97. The van der Waals surface area contributed by atoms with Crippen LogP contribution in [0.5, 0.6) is 0 Å². The van der Waals surface area contributed by atoms with Crippen LogP contribution in [0.25, 0.3) is 10.9 Å². The maximum atomic E-state index is 6.32. The maximum absolute atomic E-state index is 6.32. The molecule has 2 rings (SSSR count). The minimum Gasteiger partial charge on any atom is -0.398 e. The molecule has 0 amide bonds. The van der Waals surface area contributed by atoms with E-state index in [2.05, 4.69) is 42.8 Å². The summed E-state index contributed by atoms with van der Waals surface area (Å²) in [4.78, 5) is 4.71. The topological polar surface area (TPSA) is 38.9 Å². The number of rotatable bonds is 1. The molecule has 0 aliphatic rings. The van der Waals surface area contributed by atoms with Gasteiger partial charge in [0.25, 0.3) is 0 Å². The minimum atomic E-state index is 0.388. The molecule has 0 bridgehead atoms. The Labute approximate surface area is 110 Å².